The molecule has 0 bridgehead atoms. The molecule has 0 radical (unpaired) electrons. The molecule has 0 atom stereocenters. The van der Waals surface area contributed by atoms with Crippen LogP contribution < -0.4 is 9.47 Å². The van der Waals surface area contributed by atoms with Crippen LogP contribution in [0.1, 0.15) is 11.3 Å². The highest BCUT2D eigenvalue weighted by atomic mass is 16.5. The van der Waals surface area contributed by atoms with Gasteiger partial charge in [0.1, 0.15) is 0 Å². The second-order valence-corrected chi connectivity index (χ2v) is 6.79. The van der Waals surface area contributed by atoms with Crippen LogP contribution in [0.4, 0.5) is 0 Å². The highest BCUT2D eigenvalue weighted by Gasteiger charge is 2.17. The van der Waals surface area contributed by atoms with Crippen LogP contribution in [0, 0.1) is 0 Å². The molecule has 1 heterocycles. The maximum absolute atomic E-state index is 6.21. The lowest BCUT2D eigenvalue weighted by Crippen LogP contribution is -1.90. The number of benzene rings is 3. The lowest BCUT2D eigenvalue weighted by Gasteiger charge is -2.07. The first kappa shape index (κ1) is 19.5. The van der Waals surface area contributed by atoms with Crippen LogP contribution in [0.5, 0.6) is 11.5 Å². The summed E-state index contributed by atoms with van der Waals surface area (Å²) in [6, 6.07) is 30.4. The van der Waals surface area contributed by atoms with Crippen LogP contribution in [0.25, 0.3) is 34.6 Å². The van der Waals surface area contributed by atoms with E-state index in [0.29, 0.717) is 11.5 Å². The van der Waals surface area contributed by atoms with Crippen molar-refractivity contribution in [3.8, 4) is 33.9 Å². The molecule has 4 rings (SSSR count). The third kappa shape index (κ3) is 4.41. The van der Waals surface area contributed by atoms with Crippen molar-refractivity contribution in [2.75, 3.05) is 14.2 Å². The maximum atomic E-state index is 6.21. The van der Waals surface area contributed by atoms with Gasteiger partial charge in [-0.05, 0) is 41.5 Å². The normalized spacial score (nSPS) is 10.9. The Balaban J connectivity index is 1.74. The van der Waals surface area contributed by atoms with Crippen molar-refractivity contribution in [3.05, 3.63) is 102 Å². The highest BCUT2D eigenvalue weighted by Crippen LogP contribution is 2.31. The smallest absolute Gasteiger partial charge is 0.361 e. The predicted molar refractivity (Wildman–Crippen MR) is 122 cm³/mol. The molecule has 0 saturated heterocycles. The molecule has 0 aliphatic carbocycles. The van der Waals surface area contributed by atoms with Gasteiger partial charge in [0.05, 0.1) is 31.9 Å². The SMILES string of the molecule is COc1ccc(C=Cc2cc(-c3ccccc3)cc(-c3ccccc3)[o+]2)cc1OC. The van der Waals surface area contributed by atoms with Gasteiger partial charge in [-0.25, -0.2) is 4.42 Å². The molecule has 0 N–H and O–H groups in total. The van der Waals surface area contributed by atoms with Gasteiger partial charge >= 0.3 is 11.5 Å². The number of hydrogen-bond donors (Lipinski definition) is 0. The van der Waals surface area contributed by atoms with E-state index in [1.54, 1.807) is 14.2 Å². The quantitative estimate of drug-likeness (QED) is 0.327. The molecule has 30 heavy (non-hydrogen) atoms. The van der Waals surface area contributed by atoms with E-state index in [9.17, 15) is 0 Å². The first-order chi connectivity index (χ1) is 14.8. The monoisotopic (exact) mass is 395 g/mol. The van der Waals surface area contributed by atoms with Gasteiger partial charge in [0.2, 0.25) is 0 Å². The standard InChI is InChI=1S/C27H23O3/c1-28-25-16-14-20(17-27(25)29-2)13-15-24-18-23(21-9-5-3-6-10-21)19-26(30-24)22-11-7-4-8-12-22/h3-19H,1-2H3/q+1. The number of rotatable bonds is 6. The van der Waals surface area contributed by atoms with E-state index in [0.717, 1.165) is 33.8 Å². The highest BCUT2D eigenvalue weighted by molar-refractivity contribution is 5.75. The fourth-order valence-electron chi connectivity index (χ4n) is 3.28. The van der Waals surface area contributed by atoms with Crippen molar-refractivity contribution >= 4 is 12.2 Å². The summed E-state index contributed by atoms with van der Waals surface area (Å²) in [5.74, 6) is 2.99. The minimum atomic E-state index is 0.694. The average Bonchev–Trinajstić information content (AvgIpc) is 2.83. The van der Waals surface area contributed by atoms with E-state index in [1.165, 1.54) is 0 Å². The molecule has 1 aromatic heterocycles. The van der Waals surface area contributed by atoms with E-state index in [-0.39, 0.29) is 0 Å². The number of hydrogen-bond acceptors (Lipinski definition) is 2. The Labute approximate surface area is 176 Å². The Kier molecular flexibility index (Phi) is 5.90. The fraction of sp³-hybridized carbons (Fsp3) is 0.0741. The Morgan fingerprint density at radius 2 is 1.27 bits per heavy atom. The summed E-state index contributed by atoms with van der Waals surface area (Å²) >= 11 is 0. The largest absolute Gasteiger partial charge is 0.493 e. The Hall–Kier alpha value is -3.85. The number of methoxy groups -OCH3 is 2. The number of ether oxygens (including phenoxy) is 2. The lowest BCUT2D eigenvalue weighted by atomic mass is 10.0. The Morgan fingerprint density at radius 3 is 1.93 bits per heavy atom. The second-order valence-electron chi connectivity index (χ2n) is 6.79. The molecule has 0 saturated carbocycles. The second kappa shape index (κ2) is 9.10. The summed E-state index contributed by atoms with van der Waals surface area (Å²) < 4.78 is 16.9. The summed E-state index contributed by atoms with van der Waals surface area (Å²) in [4.78, 5) is 0. The van der Waals surface area contributed by atoms with Crippen LogP contribution in [-0.4, -0.2) is 14.2 Å². The fourth-order valence-corrected chi connectivity index (χ4v) is 3.28. The minimum Gasteiger partial charge on any atom is -0.493 e. The summed E-state index contributed by atoms with van der Waals surface area (Å²) in [5.41, 5.74) is 4.28. The molecule has 3 nitrogen and oxygen atoms in total. The molecule has 0 aliphatic rings. The molecule has 4 aromatic rings. The Morgan fingerprint density at radius 1 is 0.600 bits per heavy atom. The zero-order chi connectivity index (χ0) is 20.8. The van der Waals surface area contributed by atoms with Crippen molar-refractivity contribution in [2.45, 2.75) is 0 Å². The van der Waals surface area contributed by atoms with Gasteiger partial charge in [0.25, 0.3) is 0 Å². The van der Waals surface area contributed by atoms with E-state index in [2.05, 4.69) is 36.4 Å². The first-order valence-corrected chi connectivity index (χ1v) is 9.76. The van der Waals surface area contributed by atoms with Gasteiger partial charge in [-0.2, -0.15) is 0 Å². The van der Waals surface area contributed by atoms with E-state index < -0.39 is 0 Å². The van der Waals surface area contributed by atoms with Crippen LogP contribution in [0.15, 0.2) is 95.4 Å². The molecule has 148 valence electrons. The molecule has 0 unspecified atom stereocenters. The third-order valence-electron chi connectivity index (χ3n) is 4.83. The summed E-state index contributed by atoms with van der Waals surface area (Å²) in [6.07, 6.45) is 3.98. The molecular formula is C27H23O3+. The molecule has 0 spiro atoms. The predicted octanol–water partition coefficient (Wildman–Crippen LogP) is 7.08. The van der Waals surface area contributed by atoms with Gasteiger partial charge < -0.3 is 9.47 Å². The van der Waals surface area contributed by atoms with Gasteiger partial charge in [-0.3, -0.25) is 0 Å². The molecule has 0 fully saturated rings. The molecule has 0 aliphatic heterocycles. The topological polar surface area (TPSA) is 29.8 Å². The Bertz CT molecular complexity index is 1090. The van der Waals surface area contributed by atoms with Crippen LogP contribution in [-0.2, 0) is 0 Å². The molecule has 3 aromatic carbocycles. The van der Waals surface area contributed by atoms with Gasteiger partial charge in [0.15, 0.2) is 11.5 Å². The van der Waals surface area contributed by atoms with Crippen molar-refractivity contribution in [1.82, 2.24) is 0 Å². The van der Waals surface area contributed by atoms with Crippen LogP contribution in [0.3, 0.4) is 0 Å². The average molecular weight is 395 g/mol. The third-order valence-corrected chi connectivity index (χ3v) is 4.83. The molecule has 0 amide bonds. The summed E-state index contributed by atoms with van der Waals surface area (Å²) in [5, 5.41) is 0. The van der Waals surface area contributed by atoms with Crippen molar-refractivity contribution in [2.24, 2.45) is 0 Å². The van der Waals surface area contributed by atoms with Crippen LogP contribution in [0.2, 0.25) is 0 Å². The van der Waals surface area contributed by atoms with Gasteiger partial charge in [-0.15, -0.1) is 0 Å². The van der Waals surface area contributed by atoms with Crippen molar-refractivity contribution in [3.63, 3.8) is 0 Å². The van der Waals surface area contributed by atoms with Crippen molar-refractivity contribution in [1.29, 1.82) is 0 Å². The van der Waals surface area contributed by atoms with Gasteiger partial charge in [0, 0.05) is 11.6 Å². The van der Waals surface area contributed by atoms with E-state index in [1.807, 2.05) is 66.7 Å². The first-order valence-electron chi connectivity index (χ1n) is 9.76. The maximum Gasteiger partial charge on any atom is 0.361 e. The summed E-state index contributed by atoms with van der Waals surface area (Å²) in [7, 11) is 3.27. The van der Waals surface area contributed by atoms with E-state index in [4.69, 9.17) is 13.9 Å². The zero-order valence-corrected chi connectivity index (χ0v) is 17.0. The lowest BCUT2D eigenvalue weighted by molar-refractivity contribution is 0.355. The molecule has 3 heteroatoms. The van der Waals surface area contributed by atoms with Crippen LogP contribution >= 0.6 is 0 Å². The van der Waals surface area contributed by atoms with Gasteiger partial charge in [-0.1, -0.05) is 54.6 Å². The van der Waals surface area contributed by atoms with E-state index >= 15 is 0 Å². The van der Waals surface area contributed by atoms with Crippen molar-refractivity contribution < 1.29 is 13.9 Å². The minimum absolute atomic E-state index is 0.694. The zero-order valence-electron chi connectivity index (χ0n) is 17.0. The molecular weight excluding hydrogens is 372 g/mol. The summed E-state index contributed by atoms with van der Waals surface area (Å²) in [6.45, 7) is 0.